The fourth-order valence-corrected chi connectivity index (χ4v) is 4.03. The quantitative estimate of drug-likeness (QED) is 0.316. The number of hydrogen-bond acceptors (Lipinski definition) is 3. The summed E-state index contributed by atoms with van der Waals surface area (Å²) in [5, 5.41) is 15.4. The van der Waals surface area contributed by atoms with E-state index >= 15 is 0 Å². The molecular weight excluding hydrogens is 433 g/mol. The predicted octanol–water partition coefficient (Wildman–Crippen LogP) is 7.04. The minimum absolute atomic E-state index is 0.221. The number of hydrogen-bond donors (Lipinski definition) is 2. The summed E-state index contributed by atoms with van der Waals surface area (Å²) < 4.78 is 5.97. The van der Waals surface area contributed by atoms with Gasteiger partial charge in [0.25, 0.3) is 0 Å². The summed E-state index contributed by atoms with van der Waals surface area (Å²) >= 11 is 12.9. The lowest BCUT2D eigenvalue weighted by atomic mass is 10.1. The van der Waals surface area contributed by atoms with Gasteiger partial charge in [0.05, 0.1) is 15.6 Å². The Labute approximate surface area is 190 Å². The van der Waals surface area contributed by atoms with Crippen molar-refractivity contribution in [2.45, 2.75) is 13.2 Å². The molecule has 6 heteroatoms. The summed E-state index contributed by atoms with van der Waals surface area (Å²) in [5.74, 6) is -0.532. The molecule has 0 bridgehead atoms. The molecule has 4 aromatic carbocycles. The van der Waals surface area contributed by atoms with Gasteiger partial charge in [0.2, 0.25) is 0 Å². The maximum atomic E-state index is 11.1. The molecule has 0 spiro atoms. The molecule has 0 heterocycles. The van der Waals surface area contributed by atoms with Crippen molar-refractivity contribution in [3.05, 3.63) is 106 Å². The zero-order valence-electron chi connectivity index (χ0n) is 16.4. The van der Waals surface area contributed by atoms with Crippen LogP contribution in [0.25, 0.3) is 10.8 Å². The summed E-state index contributed by atoms with van der Waals surface area (Å²) in [6.07, 6.45) is 0. The van der Waals surface area contributed by atoms with Gasteiger partial charge in [0.15, 0.2) is 5.75 Å². The molecule has 0 aromatic heterocycles. The van der Waals surface area contributed by atoms with Gasteiger partial charge < -0.3 is 15.2 Å². The zero-order valence-corrected chi connectivity index (χ0v) is 18.0. The van der Waals surface area contributed by atoms with Crippen LogP contribution in [0.2, 0.25) is 10.0 Å². The van der Waals surface area contributed by atoms with E-state index in [2.05, 4.69) is 23.5 Å². The van der Waals surface area contributed by atoms with Crippen LogP contribution in [-0.2, 0) is 13.2 Å². The SMILES string of the molecule is O=C(O)c1cccc(NCc2cc(Cl)c(OCc3cccc4ccccc34)c(Cl)c2)c1. The highest BCUT2D eigenvalue weighted by atomic mass is 35.5. The summed E-state index contributed by atoms with van der Waals surface area (Å²) in [6, 6.07) is 24.4. The number of anilines is 1. The van der Waals surface area contributed by atoms with Gasteiger partial charge in [-0.3, -0.25) is 0 Å². The molecule has 0 aliphatic carbocycles. The van der Waals surface area contributed by atoms with Gasteiger partial charge in [0.1, 0.15) is 6.61 Å². The average Bonchev–Trinajstić information content (AvgIpc) is 2.77. The molecule has 31 heavy (non-hydrogen) atoms. The van der Waals surface area contributed by atoms with Gasteiger partial charge in [-0.2, -0.15) is 0 Å². The summed E-state index contributed by atoms with van der Waals surface area (Å²) in [6.45, 7) is 0.784. The monoisotopic (exact) mass is 451 g/mol. The van der Waals surface area contributed by atoms with Crippen LogP contribution < -0.4 is 10.1 Å². The molecular formula is C25H19Cl2NO3. The molecule has 0 atom stereocenters. The molecule has 156 valence electrons. The van der Waals surface area contributed by atoms with Crippen molar-refractivity contribution < 1.29 is 14.6 Å². The number of ether oxygens (including phenoxy) is 1. The van der Waals surface area contributed by atoms with Crippen LogP contribution in [0.15, 0.2) is 78.9 Å². The van der Waals surface area contributed by atoms with Crippen LogP contribution in [0.3, 0.4) is 0 Å². The predicted molar refractivity (Wildman–Crippen MR) is 125 cm³/mol. The van der Waals surface area contributed by atoms with E-state index in [1.54, 1.807) is 36.4 Å². The van der Waals surface area contributed by atoms with E-state index in [-0.39, 0.29) is 5.56 Å². The van der Waals surface area contributed by atoms with E-state index in [9.17, 15) is 4.79 Å². The Kier molecular flexibility index (Phi) is 6.31. The lowest BCUT2D eigenvalue weighted by Gasteiger charge is -2.14. The fourth-order valence-electron chi connectivity index (χ4n) is 3.39. The smallest absolute Gasteiger partial charge is 0.335 e. The maximum absolute atomic E-state index is 11.1. The Morgan fingerprint density at radius 2 is 1.61 bits per heavy atom. The maximum Gasteiger partial charge on any atom is 0.335 e. The van der Waals surface area contributed by atoms with Gasteiger partial charge in [-0.15, -0.1) is 0 Å². The van der Waals surface area contributed by atoms with Gasteiger partial charge in [-0.05, 0) is 52.2 Å². The molecule has 4 nitrogen and oxygen atoms in total. The highest BCUT2D eigenvalue weighted by molar-refractivity contribution is 6.37. The van der Waals surface area contributed by atoms with Crippen LogP contribution >= 0.6 is 23.2 Å². The van der Waals surface area contributed by atoms with Crippen molar-refractivity contribution in [3.63, 3.8) is 0 Å². The number of carbonyl (C=O) groups is 1. The van der Waals surface area contributed by atoms with E-state index in [4.69, 9.17) is 33.0 Å². The molecule has 0 saturated carbocycles. The third kappa shape index (κ3) is 4.93. The topological polar surface area (TPSA) is 58.6 Å². The van der Waals surface area contributed by atoms with Gasteiger partial charge in [0, 0.05) is 12.2 Å². The van der Waals surface area contributed by atoms with Crippen LogP contribution in [0.5, 0.6) is 5.75 Å². The van der Waals surface area contributed by atoms with Crippen molar-refractivity contribution in [2.75, 3.05) is 5.32 Å². The first kappa shape index (κ1) is 21.0. The normalized spacial score (nSPS) is 10.8. The molecule has 0 aliphatic rings. The first-order valence-electron chi connectivity index (χ1n) is 9.66. The molecule has 0 saturated heterocycles. The molecule has 0 radical (unpaired) electrons. The Morgan fingerprint density at radius 1 is 0.903 bits per heavy atom. The van der Waals surface area contributed by atoms with E-state index < -0.39 is 5.97 Å². The summed E-state index contributed by atoms with van der Waals surface area (Å²) in [4.78, 5) is 11.1. The number of nitrogens with one attached hydrogen (secondary N) is 1. The summed E-state index contributed by atoms with van der Waals surface area (Å²) in [7, 11) is 0. The highest BCUT2D eigenvalue weighted by Gasteiger charge is 2.12. The lowest BCUT2D eigenvalue weighted by molar-refractivity contribution is 0.0697. The first-order valence-corrected chi connectivity index (χ1v) is 10.4. The number of benzene rings is 4. The van der Waals surface area contributed by atoms with E-state index in [1.165, 1.54) is 0 Å². The zero-order chi connectivity index (χ0) is 21.8. The molecule has 0 aliphatic heterocycles. The van der Waals surface area contributed by atoms with Crippen molar-refractivity contribution in [1.82, 2.24) is 0 Å². The van der Waals surface area contributed by atoms with Gasteiger partial charge in [-0.1, -0.05) is 71.7 Å². The molecule has 2 N–H and O–H groups in total. The number of aromatic carboxylic acids is 1. The van der Waals surface area contributed by atoms with Crippen molar-refractivity contribution in [2.24, 2.45) is 0 Å². The van der Waals surface area contributed by atoms with Gasteiger partial charge in [-0.25, -0.2) is 4.79 Å². The summed E-state index contributed by atoms with van der Waals surface area (Å²) in [5.41, 5.74) is 2.82. The molecule has 0 amide bonds. The molecule has 4 rings (SSSR count). The highest BCUT2D eigenvalue weighted by Crippen LogP contribution is 2.35. The average molecular weight is 452 g/mol. The van der Waals surface area contributed by atoms with E-state index in [1.807, 2.05) is 24.3 Å². The minimum Gasteiger partial charge on any atom is -0.486 e. The fraction of sp³-hybridized carbons (Fsp3) is 0.0800. The molecule has 0 fully saturated rings. The lowest BCUT2D eigenvalue weighted by Crippen LogP contribution is -2.03. The standard InChI is InChI=1S/C25H19Cl2NO3/c26-22-11-16(14-28-20-9-4-7-18(13-20)25(29)30)12-23(27)24(22)31-15-19-8-3-6-17-5-1-2-10-21(17)19/h1-13,28H,14-15H2,(H,29,30). The third-order valence-electron chi connectivity index (χ3n) is 4.92. The third-order valence-corrected chi connectivity index (χ3v) is 5.48. The number of fused-ring (bicyclic) bond motifs is 1. The Bertz CT molecular complexity index is 1230. The number of rotatable bonds is 7. The van der Waals surface area contributed by atoms with Crippen molar-refractivity contribution >= 4 is 45.6 Å². The molecule has 0 unspecified atom stereocenters. The Balaban J connectivity index is 1.47. The number of carboxylic acids is 1. The Morgan fingerprint density at radius 3 is 2.39 bits per heavy atom. The minimum atomic E-state index is -0.970. The second-order valence-electron chi connectivity index (χ2n) is 7.06. The Hall–Kier alpha value is -3.21. The molecule has 4 aromatic rings. The van der Waals surface area contributed by atoms with E-state index in [0.717, 1.165) is 21.9 Å². The van der Waals surface area contributed by atoms with Crippen molar-refractivity contribution in [3.8, 4) is 5.75 Å². The van der Waals surface area contributed by atoms with Crippen LogP contribution in [0, 0.1) is 0 Å². The number of carboxylic acid groups (broad SMARTS) is 1. The second kappa shape index (κ2) is 9.29. The van der Waals surface area contributed by atoms with E-state index in [0.29, 0.717) is 34.6 Å². The largest absolute Gasteiger partial charge is 0.486 e. The first-order chi connectivity index (χ1) is 15.0. The van der Waals surface area contributed by atoms with Gasteiger partial charge >= 0.3 is 5.97 Å². The van der Waals surface area contributed by atoms with Crippen LogP contribution in [-0.4, -0.2) is 11.1 Å². The van der Waals surface area contributed by atoms with Crippen LogP contribution in [0.4, 0.5) is 5.69 Å². The van der Waals surface area contributed by atoms with Crippen molar-refractivity contribution in [1.29, 1.82) is 0 Å². The second-order valence-corrected chi connectivity index (χ2v) is 7.87. The number of halogens is 2. The van der Waals surface area contributed by atoms with Crippen LogP contribution in [0.1, 0.15) is 21.5 Å².